The van der Waals surface area contributed by atoms with Gasteiger partial charge in [-0.15, -0.1) is 0 Å². The molecule has 0 unspecified atom stereocenters. The van der Waals surface area contributed by atoms with Crippen LogP contribution in [0.25, 0.3) is 17.4 Å². The maximum atomic E-state index is 13.7. The van der Waals surface area contributed by atoms with Gasteiger partial charge in [-0.2, -0.15) is 9.78 Å². The molecule has 4 rings (SSSR count). The minimum atomic E-state index is -0.572. The topological polar surface area (TPSA) is 115 Å². The van der Waals surface area contributed by atoms with E-state index in [1.165, 1.54) is 35.2 Å². The molecule has 3 aromatic heterocycles. The summed E-state index contributed by atoms with van der Waals surface area (Å²) in [5, 5.41) is 7.00. The number of anilines is 1. The number of rotatable bonds is 6. The van der Waals surface area contributed by atoms with E-state index in [0.29, 0.717) is 17.1 Å². The Hall–Kier alpha value is -4.21. The average molecular weight is 409 g/mol. The van der Waals surface area contributed by atoms with Gasteiger partial charge in [0.25, 0.3) is 11.5 Å². The smallest absolute Gasteiger partial charge is 0.263 e. The van der Waals surface area contributed by atoms with Crippen LogP contribution in [-0.2, 0) is 4.79 Å². The maximum absolute atomic E-state index is 13.7. The molecule has 0 aliphatic carbocycles. The second kappa shape index (κ2) is 8.03. The number of aryl methyl sites for hydroxylation is 1. The third kappa shape index (κ3) is 4.12. The Balaban J connectivity index is 1.62. The van der Waals surface area contributed by atoms with Crippen molar-refractivity contribution in [2.75, 3.05) is 11.9 Å². The number of para-hydroxylation sites is 1. The Morgan fingerprint density at radius 2 is 2.10 bits per heavy atom. The van der Waals surface area contributed by atoms with Gasteiger partial charge < -0.3 is 14.5 Å². The summed E-state index contributed by atoms with van der Waals surface area (Å²) in [7, 11) is 0. The van der Waals surface area contributed by atoms with Crippen LogP contribution in [0.15, 0.2) is 64.0 Å². The fraction of sp³-hybridized carbons (Fsp3) is 0.100. The number of nitrogens with zero attached hydrogens (tertiary/aromatic N) is 3. The summed E-state index contributed by atoms with van der Waals surface area (Å²) in [6.07, 6.45) is 1.49. The molecule has 0 saturated carbocycles. The second-order valence-electron chi connectivity index (χ2n) is 6.28. The van der Waals surface area contributed by atoms with E-state index in [9.17, 15) is 14.0 Å². The van der Waals surface area contributed by atoms with Crippen molar-refractivity contribution in [2.24, 2.45) is 0 Å². The van der Waals surface area contributed by atoms with E-state index in [0.717, 1.165) is 0 Å². The molecule has 30 heavy (non-hydrogen) atoms. The van der Waals surface area contributed by atoms with E-state index < -0.39 is 18.3 Å². The van der Waals surface area contributed by atoms with Crippen LogP contribution >= 0.6 is 0 Å². The van der Waals surface area contributed by atoms with Crippen molar-refractivity contribution >= 4 is 11.7 Å². The van der Waals surface area contributed by atoms with Crippen molar-refractivity contribution in [1.82, 2.24) is 19.7 Å². The number of amides is 1. The summed E-state index contributed by atoms with van der Waals surface area (Å²) >= 11 is 0. The number of nitrogens with one attached hydrogen (secondary N) is 2. The van der Waals surface area contributed by atoms with Gasteiger partial charge in [-0.05, 0) is 31.2 Å². The summed E-state index contributed by atoms with van der Waals surface area (Å²) in [4.78, 5) is 31.1. The number of hydrogen-bond acceptors (Lipinski definition) is 6. The Labute approximate surface area is 169 Å². The van der Waals surface area contributed by atoms with Crippen LogP contribution in [0, 0.1) is 12.7 Å². The molecule has 2 N–H and O–H groups in total. The number of hydrogen-bond donors (Lipinski definition) is 2. The lowest BCUT2D eigenvalue weighted by atomic mass is 10.3. The fourth-order valence-corrected chi connectivity index (χ4v) is 2.72. The van der Waals surface area contributed by atoms with Crippen molar-refractivity contribution in [1.29, 1.82) is 0 Å². The van der Waals surface area contributed by atoms with Gasteiger partial charge in [-0.1, -0.05) is 12.1 Å². The van der Waals surface area contributed by atoms with Crippen molar-refractivity contribution in [3.05, 3.63) is 76.7 Å². The zero-order valence-electron chi connectivity index (χ0n) is 15.8. The SMILES string of the molecule is Cc1cc(=O)[nH]c(-n2nc(-c3ccco3)cc2NC(=O)COc2ccccc2F)n1. The number of carbonyl (C=O) groups excluding carboxylic acids is 1. The highest BCUT2D eigenvalue weighted by atomic mass is 19.1. The molecule has 0 saturated heterocycles. The normalized spacial score (nSPS) is 10.7. The molecular weight excluding hydrogens is 393 g/mol. The molecule has 9 nitrogen and oxygen atoms in total. The van der Waals surface area contributed by atoms with Crippen molar-refractivity contribution < 1.29 is 18.3 Å². The molecule has 0 spiro atoms. The molecule has 10 heteroatoms. The molecule has 3 heterocycles. The standard InChI is InChI=1S/C20H16FN5O4/c1-12-9-18(27)24-20(22-12)26-17(10-14(25-26)16-7-4-8-29-16)23-19(28)11-30-15-6-3-2-5-13(15)21/h2-10H,11H2,1H3,(H,23,28)(H,22,24,27). The maximum Gasteiger partial charge on any atom is 0.263 e. The van der Waals surface area contributed by atoms with Crippen LogP contribution in [0.1, 0.15) is 5.69 Å². The number of H-pyrrole nitrogens is 1. The number of ether oxygens (including phenoxy) is 1. The highest BCUT2D eigenvalue weighted by Crippen LogP contribution is 2.24. The van der Waals surface area contributed by atoms with Crippen LogP contribution in [0.2, 0.25) is 0 Å². The molecule has 152 valence electrons. The molecule has 1 aromatic carbocycles. The number of benzene rings is 1. The van der Waals surface area contributed by atoms with Crippen LogP contribution in [0.4, 0.5) is 10.2 Å². The molecule has 0 bridgehead atoms. The third-order valence-electron chi connectivity index (χ3n) is 4.00. The van der Waals surface area contributed by atoms with Gasteiger partial charge >= 0.3 is 0 Å². The highest BCUT2D eigenvalue weighted by molar-refractivity contribution is 5.91. The van der Waals surface area contributed by atoms with Gasteiger partial charge in [-0.25, -0.2) is 9.37 Å². The monoisotopic (exact) mass is 409 g/mol. The molecule has 0 aliphatic heterocycles. The second-order valence-corrected chi connectivity index (χ2v) is 6.28. The third-order valence-corrected chi connectivity index (χ3v) is 4.00. The van der Waals surface area contributed by atoms with E-state index in [1.807, 2.05) is 0 Å². The molecule has 0 radical (unpaired) electrons. The minimum Gasteiger partial charge on any atom is -0.481 e. The molecule has 0 atom stereocenters. The van der Waals surface area contributed by atoms with Crippen LogP contribution in [0.3, 0.4) is 0 Å². The molecular formula is C20H16FN5O4. The van der Waals surface area contributed by atoms with Gasteiger partial charge in [0.05, 0.1) is 6.26 Å². The predicted octanol–water partition coefficient (Wildman–Crippen LogP) is 2.68. The zero-order valence-corrected chi connectivity index (χ0v) is 15.8. The van der Waals surface area contributed by atoms with E-state index in [1.54, 1.807) is 31.2 Å². The lowest BCUT2D eigenvalue weighted by molar-refractivity contribution is -0.118. The van der Waals surface area contributed by atoms with Gasteiger partial charge in [0.1, 0.15) is 11.5 Å². The van der Waals surface area contributed by atoms with E-state index in [4.69, 9.17) is 9.15 Å². The molecule has 0 fully saturated rings. The summed E-state index contributed by atoms with van der Waals surface area (Å²) < 4.78 is 25.5. The number of furan rings is 1. The first-order valence-corrected chi connectivity index (χ1v) is 8.89. The van der Waals surface area contributed by atoms with Gasteiger partial charge in [0.15, 0.2) is 23.9 Å². The van der Waals surface area contributed by atoms with Crippen molar-refractivity contribution in [2.45, 2.75) is 6.92 Å². The Bertz CT molecular complexity index is 1250. The molecule has 1 amide bonds. The molecule has 4 aromatic rings. The summed E-state index contributed by atoms with van der Waals surface area (Å²) in [6.45, 7) is 1.23. The van der Waals surface area contributed by atoms with E-state index in [-0.39, 0.29) is 23.1 Å². The van der Waals surface area contributed by atoms with E-state index >= 15 is 0 Å². The van der Waals surface area contributed by atoms with Gasteiger partial charge in [0, 0.05) is 17.8 Å². The predicted molar refractivity (Wildman–Crippen MR) is 105 cm³/mol. The zero-order chi connectivity index (χ0) is 21.1. The van der Waals surface area contributed by atoms with Crippen LogP contribution < -0.4 is 15.6 Å². The summed E-state index contributed by atoms with van der Waals surface area (Å²) in [6, 6.07) is 12.1. The van der Waals surface area contributed by atoms with Gasteiger partial charge in [0.2, 0.25) is 5.95 Å². The first kappa shape index (κ1) is 19.1. The first-order valence-electron chi connectivity index (χ1n) is 8.89. The number of carbonyl (C=O) groups is 1. The Morgan fingerprint density at radius 3 is 2.83 bits per heavy atom. The largest absolute Gasteiger partial charge is 0.481 e. The lowest BCUT2D eigenvalue weighted by Crippen LogP contribution is -2.23. The van der Waals surface area contributed by atoms with E-state index in [2.05, 4.69) is 20.4 Å². The Morgan fingerprint density at radius 1 is 1.27 bits per heavy atom. The van der Waals surface area contributed by atoms with Crippen molar-refractivity contribution in [3.63, 3.8) is 0 Å². The molecule has 0 aliphatic rings. The number of halogens is 1. The lowest BCUT2D eigenvalue weighted by Gasteiger charge is -2.09. The van der Waals surface area contributed by atoms with Gasteiger partial charge in [-0.3, -0.25) is 14.6 Å². The fourth-order valence-electron chi connectivity index (χ4n) is 2.72. The highest BCUT2D eigenvalue weighted by Gasteiger charge is 2.17. The summed E-state index contributed by atoms with van der Waals surface area (Å²) in [5.41, 5.74) is 0.520. The number of aromatic amines is 1. The van der Waals surface area contributed by atoms with Crippen LogP contribution in [-0.4, -0.2) is 32.3 Å². The van der Waals surface area contributed by atoms with Crippen molar-refractivity contribution in [3.8, 4) is 23.2 Å². The minimum absolute atomic E-state index is 0.0397. The first-order chi connectivity index (χ1) is 14.5. The quantitative estimate of drug-likeness (QED) is 0.506. The number of aromatic nitrogens is 4. The van der Waals surface area contributed by atoms with Crippen LogP contribution in [0.5, 0.6) is 5.75 Å². The summed E-state index contributed by atoms with van der Waals surface area (Å²) in [5.74, 6) is -0.373. The Kier molecular flexibility index (Phi) is 5.12. The average Bonchev–Trinajstić information content (AvgIpc) is 3.36.